The van der Waals surface area contributed by atoms with E-state index in [1.807, 2.05) is 0 Å². The van der Waals surface area contributed by atoms with Crippen LogP contribution in [0, 0.1) is 22.2 Å². The first-order valence-electron chi connectivity index (χ1n) is 9.07. The number of hydrogen-bond acceptors (Lipinski definition) is 1. The van der Waals surface area contributed by atoms with E-state index in [-0.39, 0.29) is 11.5 Å². The average molecular weight is 278 g/mol. The Labute approximate surface area is 125 Å². The van der Waals surface area contributed by atoms with Crippen LogP contribution in [0.2, 0.25) is 0 Å². The SMILES string of the molecule is CCCCCCC(O)C12CC3CC(C)(CC(C)(C3)C1)C2. The molecule has 1 heteroatoms. The van der Waals surface area contributed by atoms with Crippen LogP contribution in [-0.4, -0.2) is 11.2 Å². The van der Waals surface area contributed by atoms with Gasteiger partial charge in [-0.15, -0.1) is 0 Å². The molecule has 3 unspecified atom stereocenters. The summed E-state index contributed by atoms with van der Waals surface area (Å²) in [6.07, 6.45) is 14.4. The van der Waals surface area contributed by atoms with Gasteiger partial charge in [0, 0.05) is 0 Å². The highest BCUT2D eigenvalue weighted by atomic mass is 16.3. The van der Waals surface area contributed by atoms with Gasteiger partial charge in [0.2, 0.25) is 0 Å². The van der Waals surface area contributed by atoms with Crippen LogP contribution < -0.4 is 0 Å². The zero-order valence-corrected chi connectivity index (χ0v) is 13.9. The predicted octanol–water partition coefficient (Wildman–Crippen LogP) is 5.31. The minimum atomic E-state index is -0.0265. The first kappa shape index (κ1) is 14.9. The third-order valence-corrected chi connectivity index (χ3v) is 6.71. The zero-order valence-electron chi connectivity index (χ0n) is 13.9. The van der Waals surface area contributed by atoms with Crippen molar-refractivity contribution in [1.82, 2.24) is 0 Å². The summed E-state index contributed by atoms with van der Waals surface area (Å²) in [5.41, 5.74) is 1.37. The topological polar surface area (TPSA) is 20.2 Å². The van der Waals surface area contributed by atoms with Gasteiger partial charge in [0.25, 0.3) is 0 Å². The van der Waals surface area contributed by atoms with Crippen molar-refractivity contribution >= 4 is 0 Å². The van der Waals surface area contributed by atoms with Crippen molar-refractivity contribution in [3.8, 4) is 0 Å². The van der Waals surface area contributed by atoms with Crippen molar-refractivity contribution in [2.24, 2.45) is 22.2 Å². The van der Waals surface area contributed by atoms with Gasteiger partial charge in [0.1, 0.15) is 0 Å². The molecule has 4 rings (SSSR count). The molecule has 0 aromatic heterocycles. The molecule has 0 radical (unpaired) electrons. The summed E-state index contributed by atoms with van der Waals surface area (Å²) in [5.74, 6) is 0.909. The molecule has 0 aromatic carbocycles. The van der Waals surface area contributed by atoms with Gasteiger partial charge < -0.3 is 5.11 Å². The van der Waals surface area contributed by atoms with Crippen LogP contribution in [0.15, 0.2) is 0 Å². The maximum Gasteiger partial charge on any atom is 0.0596 e. The van der Waals surface area contributed by atoms with E-state index in [4.69, 9.17) is 0 Å². The lowest BCUT2D eigenvalue weighted by molar-refractivity contribution is -0.186. The Morgan fingerprint density at radius 2 is 1.60 bits per heavy atom. The third kappa shape index (κ3) is 2.56. The van der Waals surface area contributed by atoms with Crippen LogP contribution in [0.3, 0.4) is 0 Å². The summed E-state index contributed by atoms with van der Waals surface area (Å²) < 4.78 is 0. The smallest absolute Gasteiger partial charge is 0.0596 e. The largest absolute Gasteiger partial charge is 0.393 e. The van der Waals surface area contributed by atoms with Crippen LogP contribution in [0.5, 0.6) is 0 Å². The van der Waals surface area contributed by atoms with Gasteiger partial charge in [-0.1, -0.05) is 46.5 Å². The van der Waals surface area contributed by atoms with E-state index < -0.39 is 0 Å². The zero-order chi connectivity index (χ0) is 14.4. The molecule has 0 heterocycles. The Balaban J connectivity index is 1.68. The van der Waals surface area contributed by atoms with Gasteiger partial charge in [0.05, 0.1) is 6.10 Å². The Bertz CT molecular complexity index is 343. The number of unbranched alkanes of at least 4 members (excludes halogenated alkanes) is 3. The number of rotatable bonds is 6. The van der Waals surface area contributed by atoms with E-state index in [0.29, 0.717) is 10.8 Å². The molecule has 20 heavy (non-hydrogen) atoms. The molecule has 1 nitrogen and oxygen atoms in total. The van der Waals surface area contributed by atoms with Crippen molar-refractivity contribution in [3.63, 3.8) is 0 Å². The Hall–Kier alpha value is -0.0400. The Morgan fingerprint density at radius 3 is 2.15 bits per heavy atom. The second-order valence-corrected chi connectivity index (χ2v) is 9.36. The van der Waals surface area contributed by atoms with E-state index in [1.54, 1.807) is 0 Å². The van der Waals surface area contributed by atoms with E-state index in [0.717, 1.165) is 12.3 Å². The number of aliphatic hydroxyl groups is 1. The third-order valence-electron chi connectivity index (χ3n) is 6.71. The van der Waals surface area contributed by atoms with Crippen molar-refractivity contribution in [2.75, 3.05) is 0 Å². The van der Waals surface area contributed by atoms with Gasteiger partial charge >= 0.3 is 0 Å². The predicted molar refractivity (Wildman–Crippen MR) is 84.6 cm³/mol. The highest BCUT2D eigenvalue weighted by Crippen LogP contribution is 2.70. The van der Waals surface area contributed by atoms with Crippen LogP contribution in [0.4, 0.5) is 0 Å². The van der Waals surface area contributed by atoms with Gasteiger partial charge in [0.15, 0.2) is 0 Å². The highest BCUT2D eigenvalue weighted by Gasteiger charge is 2.61. The second kappa shape index (κ2) is 5.00. The fourth-order valence-corrected chi connectivity index (χ4v) is 6.98. The Morgan fingerprint density at radius 1 is 0.950 bits per heavy atom. The summed E-state index contributed by atoms with van der Waals surface area (Å²) in [5, 5.41) is 10.9. The fourth-order valence-electron chi connectivity index (χ4n) is 6.98. The Kier molecular flexibility index (Phi) is 3.72. The van der Waals surface area contributed by atoms with Crippen LogP contribution in [0.1, 0.15) is 91.4 Å². The summed E-state index contributed by atoms with van der Waals surface area (Å²) >= 11 is 0. The van der Waals surface area contributed by atoms with E-state index in [2.05, 4.69) is 20.8 Å². The van der Waals surface area contributed by atoms with E-state index in [1.165, 1.54) is 64.2 Å². The van der Waals surface area contributed by atoms with Crippen molar-refractivity contribution in [1.29, 1.82) is 0 Å². The molecule has 0 aliphatic heterocycles. The molecule has 4 aliphatic rings. The van der Waals surface area contributed by atoms with Crippen LogP contribution in [0.25, 0.3) is 0 Å². The lowest BCUT2D eigenvalue weighted by Crippen LogP contribution is -2.58. The fraction of sp³-hybridized carbons (Fsp3) is 1.00. The molecule has 4 bridgehead atoms. The normalized spacial score (nSPS) is 47.7. The summed E-state index contributed by atoms with van der Waals surface area (Å²) in [6, 6.07) is 0. The molecular weight excluding hydrogens is 244 g/mol. The molecule has 0 aromatic rings. The van der Waals surface area contributed by atoms with Crippen molar-refractivity contribution in [2.45, 2.75) is 97.5 Å². The van der Waals surface area contributed by atoms with Gasteiger partial charge in [-0.05, 0) is 67.1 Å². The molecular formula is C19H34O. The molecule has 0 amide bonds. The molecule has 4 fully saturated rings. The molecule has 0 spiro atoms. The minimum Gasteiger partial charge on any atom is -0.393 e. The highest BCUT2D eigenvalue weighted by molar-refractivity contribution is 5.12. The van der Waals surface area contributed by atoms with Gasteiger partial charge in [-0.2, -0.15) is 0 Å². The monoisotopic (exact) mass is 278 g/mol. The second-order valence-electron chi connectivity index (χ2n) is 9.36. The molecule has 1 N–H and O–H groups in total. The van der Waals surface area contributed by atoms with Crippen LogP contribution >= 0.6 is 0 Å². The summed E-state index contributed by atoms with van der Waals surface area (Å²) in [4.78, 5) is 0. The van der Waals surface area contributed by atoms with Crippen molar-refractivity contribution in [3.05, 3.63) is 0 Å². The lowest BCUT2D eigenvalue weighted by Gasteiger charge is -2.66. The molecule has 3 atom stereocenters. The summed E-state index contributed by atoms with van der Waals surface area (Å²) in [7, 11) is 0. The average Bonchev–Trinajstić information content (AvgIpc) is 2.29. The number of aliphatic hydroxyl groups excluding tert-OH is 1. The standard InChI is InChI=1S/C19H34O/c1-4-5-6-7-8-16(20)19-11-15-9-17(2,13-19)12-18(3,10-15)14-19/h15-16,20H,4-14H2,1-3H3. The van der Waals surface area contributed by atoms with Gasteiger partial charge in [-0.25, -0.2) is 0 Å². The van der Waals surface area contributed by atoms with Gasteiger partial charge in [-0.3, -0.25) is 0 Å². The first-order chi connectivity index (χ1) is 9.39. The van der Waals surface area contributed by atoms with E-state index >= 15 is 0 Å². The minimum absolute atomic E-state index is 0.0265. The maximum absolute atomic E-state index is 10.9. The first-order valence-corrected chi connectivity index (χ1v) is 9.07. The van der Waals surface area contributed by atoms with Crippen molar-refractivity contribution < 1.29 is 5.11 Å². The number of hydrogen-bond donors (Lipinski definition) is 1. The van der Waals surface area contributed by atoms with E-state index in [9.17, 15) is 5.11 Å². The molecule has 116 valence electrons. The van der Waals surface area contributed by atoms with Crippen LogP contribution in [-0.2, 0) is 0 Å². The quantitative estimate of drug-likeness (QED) is 0.652. The molecule has 4 aliphatic carbocycles. The lowest BCUT2D eigenvalue weighted by atomic mass is 9.39. The molecule has 4 saturated carbocycles. The maximum atomic E-state index is 10.9. The summed E-state index contributed by atoms with van der Waals surface area (Å²) in [6.45, 7) is 7.28. The molecule has 0 saturated heterocycles.